The number of methoxy groups -OCH3 is 1. The summed E-state index contributed by atoms with van der Waals surface area (Å²) in [4.78, 5) is 28.3. The van der Waals surface area contributed by atoms with Crippen LogP contribution in [-0.4, -0.2) is 55.3 Å². The zero-order chi connectivity index (χ0) is 25.4. The van der Waals surface area contributed by atoms with Gasteiger partial charge in [0.15, 0.2) is 11.5 Å². The van der Waals surface area contributed by atoms with Gasteiger partial charge in [0, 0.05) is 23.5 Å². The fraction of sp³-hybridized carbons (Fsp3) is 0.136. The Morgan fingerprint density at radius 2 is 1.94 bits per heavy atom. The number of fused-ring (bicyclic) bond motifs is 2. The lowest BCUT2D eigenvalue weighted by molar-refractivity contribution is -0.123. The summed E-state index contributed by atoms with van der Waals surface area (Å²) in [6, 6.07) is 10.3. The summed E-state index contributed by atoms with van der Waals surface area (Å²) < 4.78 is 44.4. The molecule has 0 unspecified atom stereocenters. The molecule has 5 rings (SSSR count). The van der Waals surface area contributed by atoms with E-state index in [0.29, 0.717) is 45.3 Å². The second kappa shape index (κ2) is 8.72. The maximum atomic E-state index is 12.7. The van der Waals surface area contributed by atoms with Crippen molar-refractivity contribution in [3.63, 3.8) is 0 Å². The Kier molecular flexibility index (Phi) is 5.54. The van der Waals surface area contributed by atoms with Gasteiger partial charge in [-0.2, -0.15) is 28.2 Å². The first-order valence-corrected chi connectivity index (χ1v) is 10.5. The molecule has 1 amide bonds. The van der Waals surface area contributed by atoms with Crippen molar-refractivity contribution in [1.29, 1.82) is 0 Å². The summed E-state index contributed by atoms with van der Waals surface area (Å²) in [6.07, 6.45) is -2.05. The van der Waals surface area contributed by atoms with E-state index >= 15 is 0 Å². The van der Waals surface area contributed by atoms with Gasteiger partial charge in [-0.3, -0.25) is 4.79 Å². The Morgan fingerprint density at radius 1 is 1.17 bits per heavy atom. The lowest BCUT2D eigenvalue weighted by atomic mass is 10.0. The number of hydrogen-bond acceptors (Lipinski definition) is 8. The molecule has 0 saturated carbocycles. The molecule has 0 atom stereocenters. The van der Waals surface area contributed by atoms with Crippen LogP contribution in [0, 0.1) is 0 Å². The number of nitrogens with zero attached hydrogens (tertiary/aromatic N) is 5. The minimum atomic E-state index is -4.56. The first-order chi connectivity index (χ1) is 17.2. The van der Waals surface area contributed by atoms with Crippen molar-refractivity contribution >= 4 is 40.0 Å². The minimum absolute atomic E-state index is 0.0236. The van der Waals surface area contributed by atoms with Crippen LogP contribution in [0.3, 0.4) is 0 Å². The molecule has 5 aromatic rings. The number of carbonyl (C=O) groups is 1. The summed E-state index contributed by atoms with van der Waals surface area (Å²) in [5.41, 5.74) is 8.96. The van der Waals surface area contributed by atoms with Crippen molar-refractivity contribution in [3.8, 4) is 17.0 Å². The van der Waals surface area contributed by atoms with Gasteiger partial charge in [-0.25, -0.2) is 9.50 Å². The number of hydrogen-bond donors (Lipinski definition) is 4. The van der Waals surface area contributed by atoms with Crippen LogP contribution in [0.2, 0.25) is 0 Å². The van der Waals surface area contributed by atoms with E-state index in [1.807, 2.05) is 5.32 Å². The van der Waals surface area contributed by atoms with E-state index in [0.717, 1.165) is 0 Å². The van der Waals surface area contributed by atoms with Crippen LogP contribution < -0.4 is 21.1 Å². The predicted octanol–water partition coefficient (Wildman–Crippen LogP) is 3.29. The number of rotatable bonds is 6. The average Bonchev–Trinajstić information content (AvgIpc) is 3.44. The average molecular weight is 497 g/mol. The molecule has 1 aromatic carbocycles. The number of nitrogens with two attached hydrogens (primary N) is 1. The zero-order valence-electron chi connectivity index (χ0n) is 18.6. The number of aromatic nitrogens is 6. The first-order valence-electron chi connectivity index (χ1n) is 10.5. The number of amides is 1. The van der Waals surface area contributed by atoms with Crippen LogP contribution in [0.25, 0.3) is 27.8 Å². The number of carbonyl (C=O) groups excluding carboxylic acids is 1. The largest absolute Gasteiger partial charge is 0.481 e. The number of pyridine rings is 1. The molecular formula is C22H18F3N9O2. The third-order valence-electron chi connectivity index (χ3n) is 5.26. The topological polar surface area (TPSA) is 148 Å². The van der Waals surface area contributed by atoms with Gasteiger partial charge in [-0.15, -0.1) is 0 Å². The van der Waals surface area contributed by atoms with Crippen LogP contribution in [0.15, 0.2) is 48.9 Å². The predicted molar refractivity (Wildman–Crippen MR) is 125 cm³/mol. The molecular weight excluding hydrogens is 479 g/mol. The monoisotopic (exact) mass is 497 g/mol. The molecule has 0 radical (unpaired) electrons. The zero-order valence-corrected chi connectivity index (χ0v) is 18.6. The summed E-state index contributed by atoms with van der Waals surface area (Å²) >= 11 is 0. The molecule has 184 valence electrons. The number of alkyl halides is 3. The third kappa shape index (κ3) is 4.43. The van der Waals surface area contributed by atoms with E-state index in [4.69, 9.17) is 10.5 Å². The molecule has 14 heteroatoms. The Balaban J connectivity index is 1.47. The van der Waals surface area contributed by atoms with Gasteiger partial charge in [-0.05, 0) is 23.8 Å². The summed E-state index contributed by atoms with van der Waals surface area (Å²) in [5, 5.41) is 9.04. The minimum Gasteiger partial charge on any atom is -0.481 e. The number of nitrogens with one attached hydrogen (secondary N) is 3. The molecule has 5 N–H and O–H groups in total. The van der Waals surface area contributed by atoms with Gasteiger partial charge in [-0.1, -0.05) is 12.1 Å². The second-order valence-corrected chi connectivity index (χ2v) is 7.67. The Morgan fingerprint density at radius 3 is 2.67 bits per heavy atom. The highest BCUT2D eigenvalue weighted by molar-refractivity contribution is 6.07. The standard InChI is InChI=1S/C22H18F3N9O2/c1-36-15-7-6-14-19(32-15)33-21(31-14)30-12-4-2-11(3-5-12)16-13(20(35)27-9-22(23,24)25)8-34-17(16)18(26)28-10-29-34/h2-8,10H,9H2,1H3,(H,27,35)(H2,26,28,29)(H2,30,31,32,33). The molecule has 0 bridgehead atoms. The third-order valence-corrected chi connectivity index (χ3v) is 5.26. The number of ether oxygens (including phenoxy) is 1. The number of H-pyrrole nitrogens is 1. The smallest absolute Gasteiger partial charge is 0.405 e. The molecule has 0 aliphatic heterocycles. The molecule has 36 heavy (non-hydrogen) atoms. The van der Waals surface area contributed by atoms with Gasteiger partial charge in [0.2, 0.25) is 11.8 Å². The van der Waals surface area contributed by atoms with Crippen molar-refractivity contribution in [2.45, 2.75) is 6.18 Å². The van der Waals surface area contributed by atoms with Crippen molar-refractivity contribution < 1.29 is 22.7 Å². The fourth-order valence-electron chi connectivity index (χ4n) is 3.68. The normalized spacial score (nSPS) is 11.7. The van der Waals surface area contributed by atoms with Crippen molar-refractivity contribution in [1.82, 2.24) is 34.9 Å². The van der Waals surface area contributed by atoms with Crippen LogP contribution in [0.4, 0.5) is 30.6 Å². The molecule has 0 aliphatic rings. The maximum Gasteiger partial charge on any atom is 0.405 e. The summed E-state index contributed by atoms with van der Waals surface area (Å²) in [5.74, 6) is 0.0302. The van der Waals surface area contributed by atoms with E-state index < -0.39 is 18.6 Å². The van der Waals surface area contributed by atoms with Gasteiger partial charge < -0.3 is 26.1 Å². The number of imidazole rings is 1. The molecule has 0 fully saturated rings. The highest BCUT2D eigenvalue weighted by Gasteiger charge is 2.29. The summed E-state index contributed by atoms with van der Waals surface area (Å²) in [7, 11) is 1.51. The van der Waals surface area contributed by atoms with Gasteiger partial charge in [0.05, 0.1) is 18.2 Å². The Bertz CT molecular complexity index is 1580. The van der Waals surface area contributed by atoms with E-state index in [2.05, 4.69) is 30.4 Å². The molecule has 0 spiro atoms. The first kappa shape index (κ1) is 22.9. The lowest BCUT2D eigenvalue weighted by Gasteiger charge is -2.10. The van der Waals surface area contributed by atoms with Crippen molar-refractivity contribution in [2.75, 3.05) is 24.7 Å². The van der Waals surface area contributed by atoms with Crippen LogP contribution in [0.1, 0.15) is 10.4 Å². The van der Waals surface area contributed by atoms with E-state index in [9.17, 15) is 18.0 Å². The lowest BCUT2D eigenvalue weighted by Crippen LogP contribution is -2.33. The quantitative estimate of drug-likeness (QED) is 0.279. The van der Waals surface area contributed by atoms with E-state index in [-0.39, 0.29) is 11.4 Å². The molecule has 11 nitrogen and oxygen atoms in total. The van der Waals surface area contributed by atoms with Gasteiger partial charge in [0.1, 0.15) is 18.4 Å². The van der Waals surface area contributed by atoms with E-state index in [1.54, 1.807) is 36.4 Å². The SMILES string of the molecule is COc1ccc2[nH]c(Nc3ccc(-c4c(C(=O)NCC(F)(F)F)cn5ncnc(N)c45)cc3)nc2n1. The second-order valence-electron chi connectivity index (χ2n) is 7.67. The number of anilines is 3. The molecule has 4 heterocycles. The number of aromatic amines is 1. The molecule has 4 aromatic heterocycles. The van der Waals surface area contributed by atoms with Crippen LogP contribution >= 0.6 is 0 Å². The highest BCUT2D eigenvalue weighted by Crippen LogP contribution is 2.33. The maximum absolute atomic E-state index is 12.7. The molecule has 0 aliphatic carbocycles. The van der Waals surface area contributed by atoms with Gasteiger partial charge in [0.25, 0.3) is 5.91 Å². The van der Waals surface area contributed by atoms with Crippen molar-refractivity contribution in [2.24, 2.45) is 0 Å². The highest BCUT2D eigenvalue weighted by atomic mass is 19.4. The van der Waals surface area contributed by atoms with Gasteiger partial charge >= 0.3 is 6.18 Å². The van der Waals surface area contributed by atoms with Crippen molar-refractivity contribution in [3.05, 3.63) is 54.5 Å². The Labute approximate surface area is 200 Å². The van der Waals surface area contributed by atoms with E-state index in [1.165, 1.54) is 24.1 Å². The number of benzene rings is 1. The Hall–Kier alpha value is -4.88. The number of nitrogen functional groups attached to an aromatic ring is 1. The van der Waals surface area contributed by atoms with Crippen LogP contribution in [-0.2, 0) is 0 Å². The summed E-state index contributed by atoms with van der Waals surface area (Å²) in [6.45, 7) is -1.47. The molecule has 0 saturated heterocycles. The fourth-order valence-corrected chi connectivity index (χ4v) is 3.68. The number of halogens is 3. The van der Waals surface area contributed by atoms with Crippen LogP contribution in [0.5, 0.6) is 5.88 Å².